The van der Waals surface area contributed by atoms with E-state index in [-0.39, 0.29) is 43.4 Å². The molecule has 0 aliphatic carbocycles. The van der Waals surface area contributed by atoms with Gasteiger partial charge < -0.3 is 39.6 Å². The van der Waals surface area contributed by atoms with E-state index in [9.17, 15) is 29.4 Å². The second-order valence-corrected chi connectivity index (χ2v) is 9.17. The summed E-state index contributed by atoms with van der Waals surface area (Å²) in [5.41, 5.74) is 1.77. The largest absolute Gasteiger partial charge is 0.495 e. The van der Waals surface area contributed by atoms with E-state index in [4.69, 9.17) is 29.4 Å². The second kappa shape index (κ2) is 15.9. The quantitative estimate of drug-likeness (QED) is 0.108. The summed E-state index contributed by atoms with van der Waals surface area (Å²) in [6.45, 7) is 1.91. The number of methoxy groups -OCH3 is 2. The van der Waals surface area contributed by atoms with Gasteiger partial charge in [0.15, 0.2) is 0 Å². The molecule has 1 aliphatic heterocycles. The van der Waals surface area contributed by atoms with Crippen LogP contribution in [0.4, 0.5) is 0 Å². The number of rotatable bonds is 16. The molecule has 1 aromatic rings. The fraction of sp³-hybridized carbons (Fsp3) is 0.444. The molecule has 2 atom stereocenters. The van der Waals surface area contributed by atoms with Gasteiger partial charge in [-0.15, -0.1) is 11.8 Å². The number of ether oxygens (including phenoxy) is 5. The predicted molar refractivity (Wildman–Crippen MR) is 148 cm³/mol. The molecule has 0 radical (unpaired) electrons. The topological polar surface area (TPSA) is 193 Å². The van der Waals surface area contributed by atoms with Crippen molar-refractivity contribution in [3.05, 3.63) is 46.7 Å². The van der Waals surface area contributed by atoms with Crippen molar-refractivity contribution < 1.29 is 53.1 Å². The lowest BCUT2D eigenvalue weighted by atomic mass is 9.59. The van der Waals surface area contributed by atoms with Gasteiger partial charge in [0, 0.05) is 29.3 Å². The summed E-state index contributed by atoms with van der Waals surface area (Å²) in [4.78, 5) is 56.9. The highest BCUT2D eigenvalue weighted by Crippen LogP contribution is 2.53. The van der Waals surface area contributed by atoms with Crippen LogP contribution in [0.1, 0.15) is 12.5 Å². The van der Waals surface area contributed by atoms with Gasteiger partial charge in [0.1, 0.15) is 11.7 Å². The molecule has 0 aromatic heterocycles. The van der Waals surface area contributed by atoms with E-state index in [1.165, 1.54) is 31.9 Å². The molecule has 0 bridgehead atoms. The van der Waals surface area contributed by atoms with Crippen molar-refractivity contribution in [2.24, 2.45) is 16.6 Å². The van der Waals surface area contributed by atoms with E-state index >= 15 is 0 Å². The lowest BCUT2D eigenvalue weighted by molar-refractivity contribution is -0.145. The third-order valence-corrected chi connectivity index (χ3v) is 6.85. The van der Waals surface area contributed by atoms with E-state index in [1.807, 2.05) is 0 Å². The number of thioether (sulfide) groups is 1. The first kappa shape index (κ1) is 33.5. The van der Waals surface area contributed by atoms with Crippen molar-refractivity contribution in [3.63, 3.8) is 0 Å². The normalized spacial score (nSPS) is 18.7. The molecule has 0 amide bonds. The van der Waals surface area contributed by atoms with E-state index in [2.05, 4.69) is 4.99 Å². The smallest absolute Gasteiger partial charge is 0.337 e. The van der Waals surface area contributed by atoms with Gasteiger partial charge in [0.05, 0.1) is 69.5 Å². The Morgan fingerprint density at radius 1 is 1.12 bits per heavy atom. The Morgan fingerprint density at radius 3 is 2.39 bits per heavy atom. The summed E-state index contributed by atoms with van der Waals surface area (Å²) in [6.07, 6.45) is 3.29. The van der Waals surface area contributed by atoms with Crippen LogP contribution >= 0.6 is 11.8 Å². The van der Waals surface area contributed by atoms with Crippen molar-refractivity contribution in [2.45, 2.75) is 17.2 Å². The molecule has 14 heteroatoms. The summed E-state index contributed by atoms with van der Waals surface area (Å²) in [7, 11) is 2.41. The Labute approximate surface area is 241 Å². The maximum Gasteiger partial charge on any atom is 0.337 e. The molecular formula is C27H34N2O11S. The van der Waals surface area contributed by atoms with E-state index in [0.29, 0.717) is 24.1 Å². The van der Waals surface area contributed by atoms with Crippen molar-refractivity contribution in [1.29, 1.82) is 0 Å². The number of hydrogen-bond donors (Lipinski definition) is 3. The molecule has 0 saturated carbocycles. The average molecular weight is 595 g/mol. The molecule has 224 valence electrons. The third-order valence-electron chi connectivity index (χ3n) is 6.09. The number of carbonyl (C=O) groups is 4. The lowest BCUT2D eigenvalue weighted by Crippen LogP contribution is -2.51. The van der Waals surface area contributed by atoms with Crippen LogP contribution in [-0.2, 0) is 43.5 Å². The summed E-state index contributed by atoms with van der Waals surface area (Å²) in [6, 6.07) is 4.70. The van der Waals surface area contributed by atoms with Crippen LogP contribution in [0.3, 0.4) is 0 Å². The standard InChI is InChI=1S/C27H34N2O11S/c1-5-40-26(35)22-19(15-39-12-11-38-10-9-28)29-14-18(25(34)37-3)27(22,17(24(32)33)13-21(30)31)16-7-6-8-20(41-4)23(16)36-2/h6-8,13-14,18H,5,9-12,15,28H2,1-4H3,(H,30,31)(H,32,33). The predicted octanol–water partition coefficient (Wildman–Crippen LogP) is 1.43. The number of carboxylic acid groups (broad SMARTS) is 2. The number of carboxylic acids is 2. The highest BCUT2D eigenvalue weighted by molar-refractivity contribution is 7.98. The highest BCUT2D eigenvalue weighted by atomic mass is 32.2. The van der Waals surface area contributed by atoms with Gasteiger partial charge in [-0.2, -0.15) is 0 Å². The maximum absolute atomic E-state index is 13.8. The monoisotopic (exact) mass is 594 g/mol. The van der Waals surface area contributed by atoms with E-state index in [1.54, 1.807) is 18.4 Å². The molecule has 0 saturated heterocycles. The van der Waals surface area contributed by atoms with Gasteiger partial charge in [0.2, 0.25) is 0 Å². The fourth-order valence-corrected chi connectivity index (χ4v) is 5.16. The van der Waals surface area contributed by atoms with Crippen LogP contribution in [0.15, 0.2) is 51.0 Å². The minimum Gasteiger partial charge on any atom is -0.495 e. The molecule has 0 fully saturated rings. The molecule has 2 unspecified atom stereocenters. The number of para-hydroxylation sites is 1. The van der Waals surface area contributed by atoms with Crippen molar-refractivity contribution in [1.82, 2.24) is 0 Å². The highest BCUT2D eigenvalue weighted by Gasteiger charge is 2.59. The van der Waals surface area contributed by atoms with E-state index < -0.39 is 46.4 Å². The van der Waals surface area contributed by atoms with Gasteiger partial charge in [-0.25, -0.2) is 14.4 Å². The molecule has 13 nitrogen and oxygen atoms in total. The summed E-state index contributed by atoms with van der Waals surface area (Å²) >= 11 is 1.25. The van der Waals surface area contributed by atoms with Crippen LogP contribution in [0, 0.1) is 5.92 Å². The van der Waals surface area contributed by atoms with Gasteiger partial charge in [-0.1, -0.05) is 12.1 Å². The Balaban J connectivity index is 3.10. The zero-order valence-electron chi connectivity index (χ0n) is 23.2. The fourth-order valence-electron chi connectivity index (χ4n) is 4.57. The van der Waals surface area contributed by atoms with Crippen LogP contribution in [0.25, 0.3) is 0 Å². The second-order valence-electron chi connectivity index (χ2n) is 8.33. The minimum absolute atomic E-state index is 0.00938. The number of carbonyl (C=O) groups excluding carboxylic acids is 2. The van der Waals surface area contributed by atoms with Gasteiger partial charge in [-0.05, 0) is 19.2 Å². The zero-order chi connectivity index (χ0) is 30.6. The Bertz CT molecular complexity index is 1230. The van der Waals surface area contributed by atoms with Crippen LogP contribution in [0.5, 0.6) is 5.75 Å². The Kier molecular flexibility index (Phi) is 13.0. The first-order valence-corrected chi connectivity index (χ1v) is 13.7. The van der Waals surface area contributed by atoms with Gasteiger partial charge >= 0.3 is 23.9 Å². The number of esters is 2. The van der Waals surface area contributed by atoms with Crippen LogP contribution in [-0.4, -0.2) is 100 Å². The number of aliphatic imine (C=N–C) groups is 1. The van der Waals surface area contributed by atoms with Gasteiger partial charge in [-0.3, -0.25) is 9.79 Å². The average Bonchev–Trinajstić information content (AvgIpc) is 2.96. The molecule has 0 spiro atoms. The number of nitrogens with two attached hydrogens (primary N) is 1. The van der Waals surface area contributed by atoms with Crippen molar-refractivity contribution in [3.8, 4) is 5.75 Å². The van der Waals surface area contributed by atoms with Crippen molar-refractivity contribution in [2.75, 3.05) is 60.1 Å². The molecule has 1 aromatic carbocycles. The Morgan fingerprint density at radius 2 is 1.83 bits per heavy atom. The number of aliphatic carboxylic acids is 2. The molecule has 1 aliphatic rings. The summed E-state index contributed by atoms with van der Waals surface area (Å²) in [5.74, 6) is -6.89. The lowest BCUT2D eigenvalue weighted by Gasteiger charge is -2.42. The number of benzene rings is 1. The third kappa shape index (κ3) is 7.33. The van der Waals surface area contributed by atoms with Crippen molar-refractivity contribution >= 4 is 41.9 Å². The molecular weight excluding hydrogens is 560 g/mol. The van der Waals surface area contributed by atoms with Gasteiger partial charge in [0.25, 0.3) is 0 Å². The molecule has 2 rings (SSSR count). The van der Waals surface area contributed by atoms with Crippen LogP contribution in [0.2, 0.25) is 0 Å². The maximum atomic E-state index is 13.8. The zero-order valence-corrected chi connectivity index (χ0v) is 24.0. The SMILES string of the molecule is CCOC(=O)C1=C(COCCOCCN)N=CC(C(=O)OC)C1(C(=CC(=O)O)C(=O)O)c1cccc(SC)c1OC. The van der Waals surface area contributed by atoms with Crippen LogP contribution < -0.4 is 10.5 Å². The Hall–Kier alpha value is -3.72. The summed E-state index contributed by atoms with van der Waals surface area (Å²) in [5, 5.41) is 20.2. The minimum atomic E-state index is -2.34. The summed E-state index contributed by atoms with van der Waals surface area (Å²) < 4.78 is 27.0. The molecule has 4 N–H and O–H groups in total. The number of nitrogens with zero attached hydrogens (tertiary/aromatic N) is 1. The molecule has 1 heterocycles. The first-order chi connectivity index (χ1) is 19.6. The molecule has 41 heavy (non-hydrogen) atoms. The first-order valence-electron chi connectivity index (χ1n) is 12.4. The van der Waals surface area contributed by atoms with E-state index in [0.717, 1.165) is 13.3 Å². The number of hydrogen-bond acceptors (Lipinski definition) is 12.